The van der Waals surface area contributed by atoms with Gasteiger partial charge in [-0.3, -0.25) is 9.59 Å². The van der Waals surface area contributed by atoms with Gasteiger partial charge in [0, 0.05) is 13.1 Å². The summed E-state index contributed by atoms with van der Waals surface area (Å²) >= 11 is 6.23. The molecule has 0 fully saturated rings. The van der Waals surface area contributed by atoms with Gasteiger partial charge < -0.3 is 10.1 Å². The van der Waals surface area contributed by atoms with Crippen LogP contribution in [0.25, 0.3) is 0 Å². The lowest BCUT2D eigenvalue weighted by Crippen LogP contribution is -2.32. The topological polar surface area (TPSA) is 92.8 Å². The van der Waals surface area contributed by atoms with Gasteiger partial charge in [-0.1, -0.05) is 55.8 Å². The molecule has 0 bridgehead atoms. The number of ether oxygens (including phenoxy) is 1. The number of hydrogen-bond acceptors (Lipinski definition) is 5. The third-order valence-electron chi connectivity index (χ3n) is 4.77. The third-order valence-corrected chi connectivity index (χ3v) is 7.15. The van der Waals surface area contributed by atoms with Crippen LogP contribution in [0.4, 0.5) is 0 Å². The molecule has 0 saturated carbocycles. The maximum atomic E-state index is 13.1. The van der Waals surface area contributed by atoms with E-state index in [-0.39, 0.29) is 28.0 Å². The van der Waals surface area contributed by atoms with Gasteiger partial charge in [0.1, 0.15) is 0 Å². The molecule has 0 spiro atoms. The van der Waals surface area contributed by atoms with Crippen molar-refractivity contribution >= 4 is 33.5 Å². The molecule has 2 aromatic carbocycles. The van der Waals surface area contributed by atoms with Crippen LogP contribution in [0.2, 0.25) is 5.02 Å². The molecule has 174 valence electrons. The number of nitrogens with one attached hydrogen (secondary N) is 1. The molecule has 0 saturated heterocycles. The van der Waals surface area contributed by atoms with Crippen molar-refractivity contribution in [3.05, 3.63) is 64.7 Å². The molecular weight excluding hydrogens is 452 g/mol. The van der Waals surface area contributed by atoms with Gasteiger partial charge in [-0.05, 0) is 37.6 Å². The fourth-order valence-corrected chi connectivity index (χ4v) is 4.89. The van der Waals surface area contributed by atoms with Crippen molar-refractivity contribution in [3.63, 3.8) is 0 Å². The third kappa shape index (κ3) is 6.54. The molecule has 1 N–H and O–H groups in total. The Kier molecular flexibility index (Phi) is 9.24. The molecule has 2 rings (SSSR count). The quantitative estimate of drug-likeness (QED) is 0.515. The summed E-state index contributed by atoms with van der Waals surface area (Å²) in [6, 6.07) is 12.4. The molecule has 2 aromatic rings. The van der Waals surface area contributed by atoms with Crippen molar-refractivity contribution in [3.8, 4) is 0 Å². The first-order valence-corrected chi connectivity index (χ1v) is 12.3. The Morgan fingerprint density at radius 3 is 2.25 bits per heavy atom. The summed E-state index contributed by atoms with van der Waals surface area (Å²) < 4.78 is 32.2. The summed E-state index contributed by atoms with van der Waals surface area (Å²) in [6.45, 7) is 7.58. The summed E-state index contributed by atoms with van der Waals surface area (Å²) in [5.74, 6) is -1.05. The fraction of sp³-hybridized carbons (Fsp3) is 0.391. The Morgan fingerprint density at radius 1 is 1.06 bits per heavy atom. The lowest BCUT2D eigenvalue weighted by atomic mass is 10.0. The lowest BCUT2D eigenvalue weighted by Gasteiger charge is -2.21. The van der Waals surface area contributed by atoms with E-state index >= 15 is 0 Å². The van der Waals surface area contributed by atoms with Crippen molar-refractivity contribution < 1.29 is 22.7 Å². The number of amides is 1. The number of hydrogen-bond donors (Lipinski definition) is 1. The highest BCUT2D eigenvalue weighted by molar-refractivity contribution is 7.89. The van der Waals surface area contributed by atoms with E-state index in [0.29, 0.717) is 18.7 Å². The maximum absolute atomic E-state index is 13.1. The Hall–Kier alpha value is -2.42. The van der Waals surface area contributed by atoms with E-state index in [2.05, 4.69) is 5.32 Å². The van der Waals surface area contributed by atoms with Crippen LogP contribution < -0.4 is 5.32 Å². The largest absolute Gasteiger partial charge is 0.463 e. The number of rotatable bonds is 10. The number of sulfonamides is 1. The van der Waals surface area contributed by atoms with E-state index in [4.69, 9.17) is 16.3 Å². The summed E-state index contributed by atoms with van der Waals surface area (Å²) in [7, 11) is -3.77. The first-order chi connectivity index (χ1) is 15.1. The maximum Gasteiger partial charge on any atom is 0.308 e. The van der Waals surface area contributed by atoms with Gasteiger partial charge in [0.25, 0.3) is 5.91 Å². The highest BCUT2D eigenvalue weighted by Gasteiger charge is 2.26. The van der Waals surface area contributed by atoms with Gasteiger partial charge >= 0.3 is 5.97 Å². The molecule has 9 heteroatoms. The molecule has 0 aliphatic rings. The second-order valence-electron chi connectivity index (χ2n) is 7.41. The standard InChI is InChI=1S/C23H29ClN2O5S/c1-5-26(6-2)32(29,30)18-12-13-20(24)19(14-18)23(28)25-21(15-22(27)31-16(3)4)17-10-8-7-9-11-17/h7-14,16,21H,5-6,15H2,1-4H3,(H,25,28). The van der Waals surface area contributed by atoms with Crippen LogP contribution in [0.3, 0.4) is 0 Å². The van der Waals surface area contributed by atoms with Crippen LogP contribution >= 0.6 is 11.6 Å². The van der Waals surface area contributed by atoms with Gasteiger partial charge in [0.05, 0.1) is 34.0 Å². The van der Waals surface area contributed by atoms with Crippen molar-refractivity contribution in [1.29, 1.82) is 0 Å². The Morgan fingerprint density at radius 2 is 1.69 bits per heavy atom. The molecule has 7 nitrogen and oxygen atoms in total. The van der Waals surface area contributed by atoms with Gasteiger partial charge in [0.15, 0.2) is 0 Å². The predicted octanol–water partition coefficient (Wildman–Crippen LogP) is 4.18. The summed E-state index contributed by atoms with van der Waals surface area (Å²) in [4.78, 5) is 25.3. The van der Waals surface area contributed by atoms with Crippen LogP contribution in [-0.4, -0.2) is 43.8 Å². The van der Waals surface area contributed by atoms with Crippen molar-refractivity contribution in [2.24, 2.45) is 0 Å². The van der Waals surface area contributed by atoms with Crippen LogP contribution in [-0.2, 0) is 19.6 Å². The Balaban J connectivity index is 2.36. The molecule has 1 atom stereocenters. The predicted molar refractivity (Wildman–Crippen MR) is 124 cm³/mol. The molecule has 0 aromatic heterocycles. The van der Waals surface area contributed by atoms with E-state index in [9.17, 15) is 18.0 Å². The van der Waals surface area contributed by atoms with Gasteiger partial charge in [-0.25, -0.2) is 8.42 Å². The van der Waals surface area contributed by atoms with E-state index in [1.54, 1.807) is 52.0 Å². The number of carbonyl (C=O) groups is 2. The second kappa shape index (κ2) is 11.4. The molecule has 0 aliphatic heterocycles. The number of carbonyl (C=O) groups excluding carboxylic acids is 2. The molecular formula is C23H29ClN2O5S. The normalized spacial score (nSPS) is 12.6. The van der Waals surface area contributed by atoms with Crippen LogP contribution in [0.5, 0.6) is 0 Å². The van der Waals surface area contributed by atoms with Gasteiger partial charge in [0.2, 0.25) is 10.0 Å². The summed E-state index contributed by atoms with van der Waals surface area (Å²) in [5, 5.41) is 2.91. The van der Waals surface area contributed by atoms with E-state index in [1.165, 1.54) is 22.5 Å². The number of nitrogens with zero attached hydrogens (tertiary/aromatic N) is 1. The number of halogens is 1. The minimum absolute atomic E-state index is 0.0121. The molecule has 0 heterocycles. The second-order valence-corrected chi connectivity index (χ2v) is 9.76. The first kappa shape index (κ1) is 25.8. The minimum atomic E-state index is -3.77. The average Bonchev–Trinajstić information content (AvgIpc) is 2.74. The number of esters is 1. The Bertz CT molecular complexity index is 1040. The smallest absolute Gasteiger partial charge is 0.308 e. The minimum Gasteiger partial charge on any atom is -0.463 e. The van der Waals surface area contributed by atoms with E-state index in [0.717, 1.165) is 0 Å². The molecule has 1 unspecified atom stereocenters. The van der Waals surface area contributed by atoms with Gasteiger partial charge in [-0.15, -0.1) is 0 Å². The zero-order chi connectivity index (χ0) is 23.9. The zero-order valence-electron chi connectivity index (χ0n) is 18.7. The summed E-state index contributed by atoms with van der Waals surface area (Å²) in [5.41, 5.74) is 0.725. The van der Waals surface area contributed by atoms with E-state index in [1.807, 2.05) is 6.07 Å². The first-order valence-electron chi connectivity index (χ1n) is 10.4. The van der Waals surface area contributed by atoms with Crippen LogP contribution in [0, 0.1) is 0 Å². The van der Waals surface area contributed by atoms with Crippen molar-refractivity contribution in [2.45, 2.75) is 51.2 Å². The lowest BCUT2D eigenvalue weighted by molar-refractivity contribution is -0.147. The molecule has 32 heavy (non-hydrogen) atoms. The average molecular weight is 481 g/mol. The van der Waals surface area contributed by atoms with Crippen molar-refractivity contribution in [2.75, 3.05) is 13.1 Å². The number of benzene rings is 2. The molecule has 1 amide bonds. The van der Waals surface area contributed by atoms with Crippen molar-refractivity contribution in [1.82, 2.24) is 9.62 Å². The zero-order valence-corrected chi connectivity index (χ0v) is 20.2. The van der Waals surface area contributed by atoms with Gasteiger partial charge in [-0.2, -0.15) is 4.31 Å². The fourth-order valence-electron chi connectivity index (χ4n) is 3.20. The SMILES string of the molecule is CCN(CC)S(=O)(=O)c1ccc(Cl)c(C(=O)NC(CC(=O)OC(C)C)c2ccccc2)c1. The monoisotopic (exact) mass is 480 g/mol. The van der Waals surface area contributed by atoms with E-state index < -0.39 is 27.9 Å². The molecule has 0 aliphatic carbocycles. The highest BCUT2D eigenvalue weighted by Crippen LogP contribution is 2.25. The van der Waals surface area contributed by atoms with Crippen LogP contribution in [0.15, 0.2) is 53.4 Å². The van der Waals surface area contributed by atoms with Crippen LogP contribution in [0.1, 0.15) is 56.1 Å². The highest BCUT2D eigenvalue weighted by atomic mass is 35.5. The Labute approximate surface area is 194 Å². The molecule has 0 radical (unpaired) electrons. The summed E-state index contributed by atoms with van der Waals surface area (Å²) in [6.07, 6.45) is -0.366.